The lowest BCUT2D eigenvalue weighted by Gasteiger charge is -2.23. The number of hydrogen-bond donors (Lipinski definition) is 0. The van der Waals surface area contributed by atoms with Gasteiger partial charge in [-0.05, 0) is 26.5 Å². The number of hydrogen-bond acceptors (Lipinski definition) is 6. The van der Waals surface area contributed by atoms with Crippen LogP contribution in [0.25, 0.3) is 11.4 Å². The number of benzene rings is 2. The monoisotopic (exact) mass is 352 g/mol. The minimum atomic E-state index is -0.387. The van der Waals surface area contributed by atoms with E-state index < -0.39 is 0 Å². The average Bonchev–Trinajstić information content (AvgIpc) is 3.10. The molecule has 3 rings (SSSR count). The second kappa shape index (κ2) is 7.45. The van der Waals surface area contributed by atoms with E-state index in [1.54, 1.807) is 12.1 Å². The molecular formula is C19H20N4O3. The van der Waals surface area contributed by atoms with Crippen molar-refractivity contribution in [1.82, 2.24) is 15.0 Å². The molecule has 0 bridgehead atoms. The van der Waals surface area contributed by atoms with E-state index in [9.17, 15) is 10.1 Å². The Labute approximate surface area is 151 Å². The molecule has 0 saturated heterocycles. The largest absolute Gasteiger partial charge is 0.338 e. The summed E-state index contributed by atoms with van der Waals surface area (Å²) in [6, 6.07) is 14.5. The third kappa shape index (κ3) is 3.94. The Kier molecular flexibility index (Phi) is 5.09. The zero-order chi connectivity index (χ0) is 18.7. The molecule has 7 heteroatoms. The van der Waals surface area contributed by atoms with Crippen LogP contribution in [-0.4, -0.2) is 27.0 Å². The van der Waals surface area contributed by atoms with Gasteiger partial charge in [0.2, 0.25) is 11.7 Å². The number of nitrogens with zero attached hydrogens (tertiary/aromatic N) is 4. The first-order valence-electron chi connectivity index (χ1n) is 8.28. The van der Waals surface area contributed by atoms with Crippen LogP contribution < -0.4 is 0 Å². The fourth-order valence-electron chi connectivity index (χ4n) is 2.64. The van der Waals surface area contributed by atoms with Gasteiger partial charge in [-0.3, -0.25) is 15.0 Å². The Morgan fingerprint density at radius 2 is 1.96 bits per heavy atom. The zero-order valence-corrected chi connectivity index (χ0v) is 14.9. The van der Waals surface area contributed by atoms with Gasteiger partial charge in [0.05, 0.1) is 11.5 Å². The first-order chi connectivity index (χ1) is 12.4. The summed E-state index contributed by atoms with van der Waals surface area (Å²) in [4.78, 5) is 17.0. The fourth-order valence-corrected chi connectivity index (χ4v) is 2.64. The van der Waals surface area contributed by atoms with Crippen LogP contribution in [0.15, 0.2) is 53.1 Å². The molecule has 0 aliphatic carbocycles. The molecule has 0 N–H and O–H groups in total. The Balaban J connectivity index is 1.71. The van der Waals surface area contributed by atoms with Crippen molar-refractivity contribution in [3.05, 3.63) is 75.7 Å². The van der Waals surface area contributed by atoms with Gasteiger partial charge >= 0.3 is 0 Å². The summed E-state index contributed by atoms with van der Waals surface area (Å²) in [5, 5.41) is 15.0. The second-order valence-corrected chi connectivity index (χ2v) is 6.32. The number of non-ortho nitro benzene ring substituents is 1. The predicted octanol–water partition coefficient (Wildman–Crippen LogP) is 4.15. The van der Waals surface area contributed by atoms with Crippen molar-refractivity contribution in [2.45, 2.75) is 26.4 Å². The Hall–Kier alpha value is -3.06. The van der Waals surface area contributed by atoms with Crippen molar-refractivity contribution in [3.63, 3.8) is 0 Å². The molecule has 7 nitrogen and oxygen atoms in total. The highest BCUT2D eigenvalue weighted by Crippen LogP contribution is 2.24. The lowest BCUT2D eigenvalue weighted by Crippen LogP contribution is -2.22. The number of nitro groups is 1. The van der Waals surface area contributed by atoms with Crippen LogP contribution in [0.1, 0.15) is 30.0 Å². The van der Waals surface area contributed by atoms with Crippen LogP contribution in [0.4, 0.5) is 5.69 Å². The van der Waals surface area contributed by atoms with Gasteiger partial charge in [0, 0.05) is 23.7 Å². The Morgan fingerprint density at radius 1 is 1.23 bits per heavy atom. The number of aromatic nitrogens is 2. The summed E-state index contributed by atoms with van der Waals surface area (Å²) < 4.78 is 5.36. The van der Waals surface area contributed by atoms with Crippen molar-refractivity contribution in [2.24, 2.45) is 0 Å². The molecule has 0 spiro atoms. The van der Waals surface area contributed by atoms with Gasteiger partial charge in [-0.25, -0.2) is 0 Å². The minimum Gasteiger partial charge on any atom is -0.338 e. The number of rotatable bonds is 6. The fraction of sp³-hybridized carbons (Fsp3) is 0.263. The van der Waals surface area contributed by atoms with Crippen molar-refractivity contribution >= 4 is 5.69 Å². The smallest absolute Gasteiger partial charge is 0.269 e. The summed E-state index contributed by atoms with van der Waals surface area (Å²) in [7, 11) is 1.92. The maximum atomic E-state index is 11.0. The summed E-state index contributed by atoms with van der Waals surface area (Å²) >= 11 is 0. The van der Waals surface area contributed by atoms with Gasteiger partial charge < -0.3 is 4.52 Å². The van der Waals surface area contributed by atoms with Crippen LogP contribution in [0.5, 0.6) is 0 Å². The first-order valence-corrected chi connectivity index (χ1v) is 8.28. The highest BCUT2D eigenvalue weighted by Gasteiger charge is 2.18. The van der Waals surface area contributed by atoms with Crippen LogP contribution in [0, 0.1) is 17.0 Å². The van der Waals surface area contributed by atoms with Crippen LogP contribution in [0.2, 0.25) is 0 Å². The predicted molar refractivity (Wildman–Crippen MR) is 97.4 cm³/mol. The van der Waals surface area contributed by atoms with E-state index in [4.69, 9.17) is 4.52 Å². The Morgan fingerprint density at radius 3 is 2.65 bits per heavy atom. The third-order valence-corrected chi connectivity index (χ3v) is 4.39. The topological polar surface area (TPSA) is 85.3 Å². The van der Waals surface area contributed by atoms with Crippen LogP contribution in [-0.2, 0) is 6.54 Å². The standard InChI is InChI=1S/C19H20N4O3/c1-13-7-9-15(10-8-13)19-20-18(26-21-19)12-22(3)14(2)16-5-4-6-17(11-16)23(24)25/h4-11,14H,12H2,1-3H3. The zero-order valence-electron chi connectivity index (χ0n) is 14.9. The molecule has 0 amide bonds. The van der Waals surface area contributed by atoms with Gasteiger partial charge in [0.25, 0.3) is 5.69 Å². The average molecular weight is 352 g/mol. The van der Waals surface area contributed by atoms with Gasteiger partial charge in [0.1, 0.15) is 0 Å². The molecule has 0 radical (unpaired) electrons. The summed E-state index contributed by atoms with van der Waals surface area (Å²) in [5.74, 6) is 1.05. The number of nitro benzene ring substituents is 1. The molecule has 134 valence electrons. The molecule has 0 fully saturated rings. The summed E-state index contributed by atoms with van der Waals surface area (Å²) in [5.41, 5.74) is 3.02. The lowest BCUT2D eigenvalue weighted by molar-refractivity contribution is -0.384. The third-order valence-electron chi connectivity index (χ3n) is 4.39. The molecule has 0 aliphatic rings. The van der Waals surface area contributed by atoms with E-state index in [0.29, 0.717) is 18.3 Å². The molecule has 26 heavy (non-hydrogen) atoms. The van der Waals surface area contributed by atoms with E-state index in [1.165, 1.54) is 11.6 Å². The van der Waals surface area contributed by atoms with Crippen molar-refractivity contribution in [2.75, 3.05) is 7.05 Å². The van der Waals surface area contributed by atoms with Crippen LogP contribution in [0.3, 0.4) is 0 Å². The van der Waals surface area contributed by atoms with Gasteiger partial charge in [-0.1, -0.05) is 47.1 Å². The van der Waals surface area contributed by atoms with E-state index in [0.717, 1.165) is 11.1 Å². The normalized spacial score (nSPS) is 12.3. The molecule has 1 aromatic heterocycles. The van der Waals surface area contributed by atoms with Crippen LogP contribution >= 0.6 is 0 Å². The lowest BCUT2D eigenvalue weighted by atomic mass is 10.1. The molecule has 0 aliphatic heterocycles. The van der Waals surface area contributed by atoms with E-state index >= 15 is 0 Å². The molecule has 0 saturated carbocycles. The van der Waals surface area contributed by atoms with E-state index in [2.05, 4.69) is 10.1 Å². The molecular weight excluding hydrogens is 332 g/mol. The van der Waals surface area contributed by atoms with E-state index in [1.807, 2.05) is 56.1 Å². The quantitative estimate of drug-likeness (QED) is 0.489. The minimum absolute atomic E-state index is 0.0374. The maximum absolute atomic E-state index is 11.0. The highest BCUT2D eigenvalue weighted by molar-refractivity contribution is 5.54. The maximum Gasteiger partial charge on any atom is 0.269 e. The number of aryl methyl sites for hydroxylation is 1. The van der Waals surface area contributed by atoms with Crippen molar-refractivity contribution in [1.29, 1.82) is 0 Å². The second-order valence-electron chi connectivity index (χ2n) is 6.32. The Bertz CT molecular complexity index is 905. The van der Waals surface area contributed by atoms with Crippen molar-refractivity contribution < 1.29 is 9.45 Å². The molecule has 3 aromatic rings. The van der Waals surface area contributed by atoms with Gasteiger partial charge in [-0.2, -0.15) is 4.98 Å². The van der Waals surface area contributed by atoms with Gasteiger partial charge in [0.15, 0.2) is 0 Å². The first kappa shape index (κ1) is 17.8. The van der Waals surface area contributed by atoms with Gasteiger partial charge in [-0.15, -0.1) is 0 Å². The highest BCUT2D eigenvalue weighted by atomic mass is 16.6. The molecule has 1 unspecified atom stereocenters. The summed E-state index contributed by atoms with van der Waals surface area (Å²) in [6.07, 6.45) is 0. The van der Waals surface area contributed by atoms with Crippen molar-refractivity contribution in [3.8, 4) is 11.4 Å². The van der Waals surface area contributed by atoms with E-state index in [-0.39, 0.29) is 16.7 Å². The summed E-state index contributed by atoms with van der Waals surface area (Å²) in [6.45, 7) is 4.45. The molecule has 1 heterocycles. The SMILES string of the molecule is Cc1ccc(-c2noc(CN(C)C(C)c3cccc([N+](=O)[O-])c3)n2)cc1. The molecule has 1 atom stereocenters. The molecule has 2 aromatic carbocycles.